The van der Waals surface area contributed by atoms with Gasteiger partial charge in [-0.1, -0.05) is 25.8 Å². The summed E-state index contributed by atoms with van der Waals surface area (Å²) in [5, 5.41) is 8.53. The van der Waals surface area contributed by atoms with E-state index < -0.39 is 5.97 Å². The van der Waals surface area contributed by atoms with Crippen LogP contribution < -0.4 is 0 Å². The summed E-state index contributed by atoms with van der Waals surface area (Å²) < 4.78 is 5.95. The highest BCUT2D eigenvalue weighted by Gasteiger charge is 2.30. The number of rotatable bonds is 8. The third kappa shape index (κ3) is 5.35. The SMILES string of the molecule is C=CC[C@H]1C[C@H](C)[C@H](CCCCCC(=O)O)O1. The normalized spacial score (nSPS) is 28.2. The summed E-state index contributed by atoms with van der Waals surface area (Å²) in [6.45, 7) is 5.98. The number of carboxylic acids is 1. The van der Waals surface area contributed by atoms with E-state index in [1.54, 1.807) is 0 Å². The summed E-state index contributed by atoms with van der Waals surface area (Å²) in [6.07, 6.45) is 8.92. The van der Waals surface area contributed by atoms with Crippen molar-refractivity contribution in [2.24, 2.45) is 5.92 Å². The van der Waals surface area contributed by atoms with E-state index in [9.17, 15) is 4.79 Å². The van der Waals surface area contributed by atoms with Crippen molar-refractivity contribution in [1.82, 2.24) is 0 Å². The molecular weight excluding hydrogens is 216 g/mol. The largest absolute Gasteiger partial charge is 0.481 e. The Morgan fingerprint density at radius 3 is 2.88 bits per heavy atom. The molecule has 1 aliphatic heterocycles. The Kier molecular flexibility index (Phi) is 6.27. The van der Waals surface area contributed by atoms with Crippen molar-refractivity contribution in [1.29, 1.82) is 0 Å². The molecule has 1 rings (SSSR count). The smallest absolute Gasteiger partial charge is 0.303 e. The standard InChI is InChI=1S/C14H24O3/c1-3-7-12-10-11(2)13(17-12)8-5-4-6-9-14(15)16/h3,11-13H,1,4-10H2,2H3,(H,15,16)/t11-,12-,13-/m0/s1. The molecule has 3 nitrogen and oxygen atoms in total. The minimum Gasteiger partial charge on any atom is -0.481 e. The monoisotopic (exact) mass is 240 g/mol. The maximum atomic E-state index is 10.4. The first kappa shape index (κ1) is 14.2. The summed E-state index contributed by atoms with van der Waals surface area (Å²) >= 11 is 0. The van der Waals surface area contributed by atoms with Gasteiger partial charge in [0.05, 0.1) is 12.2 Å². The zero-order chi connectivity index (χ0) is 12.7. The number of hydrogen-bond donors (Lipinski definition) is 1. The van der Waals surface area contributed by atoms with Crippen LogP contribution in [0.1, 0.15) is 51.9 Å². The Morgan fingerprint density at radius 2 is 2.24 bits per heavy atom. The second kappa shape index (κ2) is 7.49. The van der Waals surface area contributed by atoms with Crippen LogP contribution in [0, 0.1) is 5.92 Å². The quantitative estimate of drug-likeness (QED) is 0.522. The Morgan fingerprint density at radius 1 is 1.47 bits per heavy atom. The molecule has 1 heterocycles. The van der Waals surface area contributed by atoms with Crippen molar-refractivity contribution in [2.75, 3.05) is 0 Å². The van der Waals surface area contributed by atoms with Crippen molar-refractivity contribution in [2.45, 2.75) is 64.1 Å². The number of aliphatic carboxylic acids is 1. The van der Waals surface area contributed by atoms with Crippen LogP contribution in [-0.4, -0.2) is 23.3 Å². The molecule has 0 amide bonds. The Hall–Kier alpha value is -0.830. The zero-order valence-electron chi connectivity index (χ0n) is 10.7. The minimum absolute atomic E-state index is 0.292. The molecule has 1 fully saturated rings. The molecule has 17 heavy (non-hydrogen) atoms. The second-order valence-electron chi connectivity index (χ2n) is 5.03. The first-order chi connectivity index (χ1) is 8.13. The molecule has 1 N–H and O–H groups in total. The maximum absolute atomic E-state index is 10.4. The Labute approximate surface area is 104 Å². The Bertz CT molecular complexity index is 250. The lowest BCUT2D eigenvalue weighted by Crippen LogP contribution is -2.14. The van der Waals surface area contributed by atoms with Crippen LogP contribution in [0.3, 0.4) is 0 Å². The van der Waals surface area contributed by atoms with E-state index >= 15 is 0 Å². The number of carbonyl (C=O) groups is 1. The van der Waals surface area contributed by atoms with Gasteiger partial charge in [-0.25, -0.2) is 0 Å². The van der Waals surface area contributed by atoms with Crippen molar-refractivity contribution in [3.8, 4) is 0 Å². The number of carboxylic acid groups (broad SMARTS) is 1. The average Bonchev–Trinajstić information content (AvgIpc) is 2.59. The molecule has 98 valence electrons. The van der Waals surface area contributed by atoms with Gasteiger partial charge in [0.25, 0.3) is 0 Å². The molecule has 1 saturated heterocycles. The van der Waals surface area contributed by atoms with Crippen LogP contribution in [-0.2, 0) is 9.53 Å². The van der Waals surface area contributed by atoms with Gasteiger partial charge >= 0.3 is 5.97 Å². The van der Waals surface area contributed by atoms with Gasteiger partial charge in [0, 0.05) is 6.42 Å². The van der Waals surface area contributed by atoms with E-state index in [0.717, 1.165) is 38.5 Å². The van der Waals surface area contributed by atoms with Crippen molar-refractivity contribution in [3.05, 3.63) is 12.7 Å². The van der Waals surface area contributed by atoms with Crippen molar-refractivity contribution in [3.63, 3.8) is 0 Å². The lowest BCUT2D eigenvalue weighted by atomic mass is 9.96. The van der Waals surface area contributed by atoms with Crippen LogP contribution in [0.4, 0.5) is 0 Å². The highest BCUT2D eigenvalue weighted by Crippen LogP contribution is 2.31. The highest BCUT2D eigenvalue weighted by atomic mass is 16.5. The van der Waals surface area contributed by atoms with E-state index in [2.05, 4.69) is 13.5 Å². The fourth-order valence-electron chi connectivity index (χ4n) is 2.49. The maximum Gasteiger partial charge on any atom is 0.303 e. The second-order valence-corrected chi connectivity index (χ2v) is 5.03. The molecule has 0 bridgehead atoms. The average molecular weight is 240 g/mol. The molecule has 1 aliphatic rings. The molecule has 0 aromatic heterocycles. The summed E-state index contributed by atoms with van der Waals surface area (Å²) in [5.41, 5.74) is 0. The first-order valence-corrected chi connectivity index (χ1v) is 6.61. The molecule has 0 saturated carbocycles. The summed E-state index contributed by atoms with van der Waals surface area (Å²) in [5.74, 6) is -0.0686. The van der Waals surface area contributed by atoms with Gasteiger partial charge in [-0.15, -0.1) is 6.58 Å². The number of hydrogen-bond acceptors (Lipinski definition) is 2. The molecule has 3 heteroatoms. The molecule has 0 aromatic rings. The van der Waals surface area contributed by atoms with E-state index in [-0.39, 0.29) is 0 Å². The van der Waals surface area contributed by atoms with Crippen LogP contribution in [0.25, 0.3) is 0 Å². The van der Waals surface area contributed by atoms with Gasteiger partial charge in [0.1, 0.15) is 0 Å². The van der Waals surface area contributed by atoms with E-state index in [1.807, 2.05) is 6.08 Å². The molecule has 0 radical (unpaired) electrons. The van der Waals surface area contributed by atoms with Gasteiger partial charge < -0.3 is 9.84 Å². The van der Waals surface area contributed by atoms with Gasteiger partial charge in [-0.3, -0.25) is 4.79 Å². The zero-order valence-corrected chi connectivity index (χ0v) is 10.7. The number of unbranched alkanes of at least 4 members (excludes halogenated alkanes) is 2. The van der Waals surface area contributed by atoms with E-state index in [1.165, 1.54) is 0 Å². The molecule has 0 aromatic carbocycles. The summed E-state index contributed by atoms with van der Waals surface area (Å²) in [4.78, 5) is 10.4. The van der Waals surface area contributed by atoms with Crippen LogP contribution >= 0.6 is 0 Å². The van der Waals surface area contributed by atoms with Crippen LogP contribution in [0.2, 0.25) is 0 Å². The molecular formula is C14H24O3. The van der Waals surface area contributed by atoms with Gasteiger partial charge in [-0.2, -0.15) is 0 Å². The van der Waals surface area contributed by atoms with Crippen LogP contribution in [0.15, 0.2) is 12.7 Å². The molecule has 3 atom stereocenters. The lowest BCUT2D eigenvalue weighted by molar-refractivity contribution is -0.137. The van der Waals surface area contributed by atoms with Crippen molar-refractivity contribution >= 4 is 5.97 Å². The molecule has 0 spiro atoms. The lowest BCUT2D eigenvalue weighted by Gasteiger charge is -2.14. The number of ether oxygens (including phenoxy) is 1. The predicted octanol–water partition coefficient (Wildman–Crippen LogP) is 3.39. The van der Waals surface area contributed by atoms with Gasteiger partial charge in [-0.05, 0) is 31.6 Å². The summed E-state index contributed by atoms with van der Waals surface area (Å²) in [7, 11) is 0. The van der Waals surface area contributed by atoms with E-state index in [4.69, 9.17) is 9.84 Å². The van der Waals surface area contributed by atoms with Gasteiger partial charge in [0.15, 0.2) is 0 Å². The fraction of sp³-hybridized carbons (Fsp3) is 0.786. The molecule has 0 unspecified atom stereocenters. The third-order valence-electron chi connectivity index (χ3n) is 3.45. The summed E-state index contributed by atoms with van der Waals surface area (Å²) in [6, 6.07) is 0. The van der Waals surface area contributed by atoms with Gasteiger partial charge in [0.2, 0.25) is 0 Å². The third-order valence-corrected chi connectivity index (χ3v) is 3.45. The predicted molar refractivity (Wildman–Crippen MR) is 68.0 cm³/mol. The first-order valence-electron chi connectivity index (χ1n) is 6.61. The molecule has 0 aliphatic carbocycles. The topological polar surface area (TPSA) is 46.5 Å². The minimum atomic E-state index is -0.693. The van der Waals surface area contributed by atoms with E-state index in [0.29, 0.717) is 24.5 Å². The van der Waals surface area contributed by atoms with Crippen molar-refractivity contribution < 1.29 is 14.6 Å². The van der Waals surface area contributed by atoms with Crippen LogP contribution in [0.5, 0.6) is 0 Å². The highest BCUT2D eigenvalue weighted by molar-refractivity contribution is 5.66. The Balaban J connectivity index is 2.10. The fourth-order valence-corrected chi connectivity index (χ4v) is 2.49.